The molecule has 1 aromatic rings. The second-order valence-corrected chi connectivity index (χ2v) is 7.35. The normalized spacial score (nSPS) is 18.4. The number of carbonyl (C=O) groups is 1. The summed E-state index contributed by atoms with van der Waals surface area (Å²) in [6.07, 6.45) is 1.08. The highest BCUT2D eigenvalue weighted by Gasteiger charge is 2.50. The summed E-state index contributed by atoms with van der Waals surface area (Å²) in [7, 11) is -3.47. The Labute approximate surface area is 119 Å². The molecule has 0 saturated heterocycles. The zero-order chi connectivity index (χ0) is 14.8. The van der Waals surface area contributed by atoms with Gasteiger partial charge in [-0.2, -0.15) is 0 Å². The van der Waals surface area contributed by atoms with Gasteiger partial charge in [-0.15, -0.1) is 0 Å². The Morgan fingerprint density at radius 3 is 2.45 bits per heavy atom. The van der Waals surface area contributed by atoms with E-state index in [9.17, 15) is 13.2 Å². The molecule has 0 amide bonds. The van der Waals surface area contributed by atoms with Crippen LogP contribution in [-0.2, 0) is 14.8 Å². The first-order chi connectivity index (χ1) is 9.35. The van der Waals surface area contributed by atoms with E-state index in [1.807, 2.05) is 37.3 Å². The monoisotopic (exact) mass is 297 g/mol. The molecule has 0 aliphatic heterocycles. The summed E-state index contributed by atoms with van der Waals surface area (Å²) in [6.45, 7) is 1.84. The summed E-state index contributed by atoms with van der Waals surface area (Å²) >= 11 is 0. The first-order valence-electron chi connectivity index (χ1n) is 6.60. The van der Waals surface area contributed by atoms with E-state index in [1.54, 1.807) is 0 Å². The molecule has 1 aromatic carbocycles. The molecule has 1 atom stereocenters. The summed E-state index contributed by atoms with van der Waals surface area (Å²) in [4.78, 5) is 11.0. The van der Waals surface area contributed by atoms with Crippen LogP contribution in [0.25, 0.3) is 0 Å². The van der Waals surface area contributed by atoms with Crippen LogP contribution < -0.4 is 4.72 Å². The number of hydrogen-bond acceptors (Lipinski definition) is 3. The maximum absolute atomic E-state index is 12.0. The van der Waals surface area contributed by atoms with Crippen LogP contribution in [-0.4, -0.2) is 31.8 Å². The molecule has 6 heteroatoms. The fourth-order valence-corrected chi connectivity index (χ4v) is 3.60. The SMILES string of the molecule is CC(CS(=O)(=O)NCC1(C(=O)O)CC1)c1ccccc1. The van der Waals surface area contributed by atoms with Gasteiger partial charge in [0.15, 0.2) is 0 Å². The predicted octanol–water partition coefficient (Wildman–Crippen LogP) is 1.57. The topological polar surface area (TPSA) is 83.5 Å². The van der Waals surface area contributed by atoms with Crippen LogP contribution in [0.1, 0.15) is 31.2 Å². The molecule has 2 rings (SSSR count). The van der Waals surface area contributed by atoms with Crippen molar-refractivity contribution in [2.75, 3.05) is 12.3 Å². The van der Waals surface area contributed by atoms with Crippen LogP contribution in [0, 0.1) is 5.41 Å². The Balaban J connectivity index is 1.93. The Hall–Kier alpha value is -1.40. The zero-order valence-corrected chi connectivity index (χ0v) is 12.2. The number of rotatable bonds is 7. The van der Waals surface area contributed by atoms with Crippen LogP contribution in [0.2, 0.25) is 0 Å². The maximum atomic E-state index is 12.0. The average molecular weight is 297 g/mol. The molecule has 1 fully saturated rings. The third-order valence-electron chi connectivity index (χ3n) is 3.78. The van der Waals surface area contributed by atoms with Gasteiger partial charge in [0.25, 0.3) is 0 Å². The van der Waals surface area contributed by atoms with Gasteiger partial charge in [0.2, 0.25) is 10.0 Å². The van der Waals surface area contributed by atoms with Gasteiger partial charge in [-0.25, -0.2) is 13.1 Å². The molecule has 0 heterocycles. The summed E-state index contributed by atoms with van der Waals surface area (Å²) in [5.74, 6) is -1.09. The highest BCUT2D eigenvalue weighted by atomic mass is 32.2. The standard InChI is InChI=1S/C14H19NO4S/c1-11(12-5-3-2-4-6-12)9-20(18,19)15-10-14(7-8-14)13(16)17/h2-6,11,15H,7-10H2,1H3,(H,16,17). The van der Waals surface area contributed by atoms with Gasteiger partial charge in [0, 0.05) is 6.54 Å². The van der Waals surface area contributed by atoms with E-state index < -0.39 is 21.4 Å². The van der Waals surface area contributed by atoms with E-state index in [4.69, 9.17) is 5.11 Å². The van der Waals surface area contributed by atoms with Crippen LogP contribution in [0.4, 0.5) is 0 Å². The molecule has 2 N–H and O–H groups in total. The fraction of sp³-hybridized carbons (Fsp3) is 0.500. The molecule has 1 aliphatic carbocycles. The first kappa shape index (κ1) is 15.0. The molecule has 0 spiro atoms. The van der Waals surface area contributed by atoms with Crippen molar-refractivity contribution in [3.8, 4) is 0 Å². The first-order valence-corrected chi connectivity index (χ1v) is 8.26. The minimum atomic E-state index is -3.47. The van der Waals surface area contributed by atoms with Crippen molar-refractivity contribution in [2.24, 2.45) is 5.41 Å². The van der Waals surface area contributed by atoms with E-state index in [0.29, 0.717) is 12.8 Å². The van der Waals surface area contributed by atoms with Crippen molar-refractivity contribution < 1.29 is 18.3 Å². The number of nitrogens with one attached hydrogen (secondary N) is 1. The van der Waals surface area contributed by atoms with Crippen LogP contribution >= 0.6 is 0 Å². The predicted molar refractivity (Wildman–Crippen MR) is 75.9 cm³/mol. The second kappa shape index (κ2) is 5.54. The van der Waals surface area contributed by atoms with Crippen molar-refractivity contribution in [1.82, 2.24) is 4.72 Å². The molecule has 1 aliphatic rings. The van der Waals surface area contributed by atoms with E-state index in [0.717, 1.165) is 5.56 Å². The minimum Gasteiger partial charge on any atom is -0.481 e. The van der Waals surface area contributed by atoms with Gasteiger partial charge in [-0.1, -0.05) is 37.3 Å². The number of hydrogen-bond donors (Lipinski definition) is 2. The van der Waals surface area contributed by atoms with Crippen LogP contribution in [0.15, 0.2) is 30.3 Å². The fourth-order valence-electron chi connectivity index (χ4n) is 2.13. The average Bonchev–Trinajstić information content (AvgIpc) is 3.18. The molecule has 0 bridgehead atoms. The maximum Gasteiger partial charge on any atom is 0.310 e. The number of aliphatic carboxylic acids is 1. The summed E-state index contributed by atoms with van der Waals surface area (Å²) < 4.78 is 26.4. The lowest BCUT2D eigenvalue weighted by Crippen LogP contribution is -2.36. The third-order valence-corrected chi connectivity index (χ3v) is 5.30. The Morgan fingerprint density at radius 2 is 1.95 bits per heavy atom. The smallest absolute Gasteiger partial charge is 0.310 e. The van der Waals surface area contributed by atoms with Crippen molar-refractivity contribution in [3.63, 3.8) is 0 Å². The Bertz CT molecular complexity index is 578. The van der Waals surface area contributed by atoms with Gasteiger partial charge < -0.3 is 5.11 Å². The van der Waals surface area contributed by atoms with Crippen molar-refractivity contribution in [3.05, 3.63) is 35.9 Å². The number of sulfonamides is 1. The van der Waals surface area contributed by atoms with Gasteiger partial charge in [-0.05, 0) is 24.3 Å². The molecule has 5 nitrogen and oxygen atoms in total. The lowest BCUT2D eigenvalue weighted by atomic mass is 10.0. The van der Waals surface area contributed by atoms with Gasteiger partial charge >= 0.3 is 5.97 Å². The zero-order valence-electron chi connectivity index (χ0n) is 11.4. The molecule has 110 valence electrons. The molecule has 0 aromatic heterocycles. The van der Waals surface area contributed by atoms with E-state index in [1.165, 1.54) is 0 Å². The molecule has 0 radical (unpaired) electrons. The molecular formula is C14H19NO4S. The third kappa shape index (κ3) is 3.58. The van der Waals surface area contributed by atoms with E-state index in [-0.39, 0.29) is 18.2 Å². The number of benzene rings is 1. The number of carboxylic acid groups (broad SMARTS) is 1. The van der Waals surface area contributed by atoms with Crippen molar-refractivity contribution in [1.29, 1.82) is 0 Å². The number of carboxylic acids is 1. The molecule has 20 heavy (non-hydrogen) atoms. The summed E-state index contributed by atoms with van der Waals surface area (Å²) in [5, 5.41) is 9.03. The Morgan fingerprint density at radius 1 is 1.35 bits per heavy atom. The minimum absolute atomic E-state index is 0.00776. The van der Waals surface area contributed by atoms with Crippen molar-refractivity contribution in [2.45, 2.75) is 25.7 Å². The highest BCUT2D eigenvalue weighted by Crippen LogP contribution is 2.45. The van der Waals surface area contributed by atoms with Gasteiger partial charge in [0.05, 0.1) is 11.2 Å². The Kier molecular flexibility index (Phi) is 4.15. The largest absolute Gasteiger partial charge is 0.481 e. The van der Waals surface area contributed by atoms with Crippen LogP contribution in [0.5, 0.6) is 0 Å². The van der Waals surface area contributed by atoms with Crippen LogP contribution in [0.3, 0.4) is 0 Å². The molecule has 1 unspecified atom stereocenters. The van der Waals surface area contributed by atoms with Gasteiger partial charge in [0.1, 0.15) is 0 Å². The quantitative estimate of drug-likeness (QED) is 0.800. The molecular weight excluding hydrogens is 278 g/mol. The van der Waals surface area contributed by atoms with E-state index in [2.05, 4.69) is 4.72 Å². The summed E-state index contributed by atoms with van der Waals surface area (Å²) in [6, 6.07) is 9.40. The second-order valence-electron chi connectivity index (χ2n) is 5.50. The van der Waals surface area contributed by atoms with Crippen molar-refractivity contribution >= 4 is 16.0 Å². The lowest BCUT2D eigenvalue weighted by Gasteiger charge is -2.15. The van der Waals surface area contributed by atoms with E-state index >= 15 is 0 Å². The van der Waals surface area contributed by atoms with Gasteiger partial charge in [-0.3, -0.25) is 4.79 Å². The lowest BCUT2D eigenvalue weighted by molar-refractivity contribution is -0.143. The highest BCUT2D eigenvalue weighted by molar-refractivity contribution is 7.89. The molecule has 1 saturated carbocycles. The summed E-state index contributed by atoms with van der Waals surface area (Å²) in [5.41, 5.74) is 0.0838.